The summed E-state index contributed by atoms with van der Waals surface area (Å²) in [6.45, 7) is 0.404. The number of aryl methyl sites for hydroxylation is 1. The van der Waals surface area contributed by atoms with E-state index >= 15 is 0 Å². The van der Waals surface area contributed by atoms with Crippen LogP contribution in [0.2, 0.25) is 0 Å². The number of hydrogen-bond donors (Lipinski definition) is 1. The number of nitrogens with one attached hydrogen (secondary N) is 1. The second-order valence-electron chi connectivity index (χ2n) is 5.91. The first-order valence-corrected chi connectivity index (χ1v) is 7.99. The van der Waals surface area contributed by atoms with Gasteiger partial charge in [0.05, 0.1) is 10.9 Å². The van der Waals surface area contributed by atoms with Crippen LogP contribution in [0.25, 0.3) is 10.9 Å². The Morgan fingerprint density at radius 3 is 2.64 bits per heavy atom. The molecule has 25 heavy (non-hydrogen) atoms. The number of H-pyrrole nitrogens is 1. The fourth-order valence-corrected chi connectivity index (χ4v) is 2.62. The molecular formula is C19H18FN3O2. The molecule has 1 heterocycles. The molecule has 0 atom stereocenters. The molecule has 0 bridgehead atoms. The Morgan fingerprint density at radius 1 is 1.16 bits per heavy atom. The minimum Gasteiger partial charge on any atom is -0.341 e. The molecule has 0 radical (unpaired) electrons. The highest BCUT2D eigenvalue weighted by Gasteiger charge is 2.11. The van der Waals surface area contributed by atoms with E-state index < -0.39 is 0 Å². The van der Waals surface area contributed by atoms with E-state index in [9.17, 15) is 14.0 Å². The third-order valence-electron chi connectivity index (χ3n) is 4.00. The summed E-state index contributed by atoms with van der Waals surface area (Å²) in [6.07, 6.45) is 0.589. The smallest absolute Gasteiger partial charge is 0.258 e. The van der Waals surface area contributed by atoms with Gasteiger partial charge >= 0.3 is 0 Å². The quantitative estimate of drug-likeness (QED) is 0.777. The molecule has 1 amide bonds. The van der Waals surface area contributed by atoms with Gasteiger partial charge in [-0.15, -0.1) is 0 Å². The Morgan fingerprint density at radius 2 is 1.88 bits per heavy atom. The predicted octanol–water partition coefficient (Wildman–Crippen LogP) is 2.65. The number of aromatic nitrogens is 2. The molecule has 3 rings (SSSR count). The molecule has 5 nitrogen and oxygen atoms in total. The van der Waals surface area contributed by atoms with Crippen LogP contribution in [0, 0.1) is 5.82 Å². The standard InChI is InChI=1S/C19H18FN3O2/c1-23(12-13-6-8-14(20)9-7-13)18(24)11-10-17-21-16-5-3-2-4-15(16)19(25)22-17/h2-9H,10-12H2,1H3,(H,21,22,25). The molecule has 128 valence electrons. The minimum atomic E-state index is -0.302. The van der Waals surface area contributed by atoms with Crippen molar-refractivity contribution in [2.24, 2.45) is 0 Å². The molecule has 0 aliphatic heterocycles. The monoisotopic (exact) mass is 339 g/mol. The van der Waals surface area contributed by atoms with Gasteiger partial charge in [-0.25, -0.2) is 9.37 Å². The molecule has 3 aromatic rings. The molecule has 0 saturated carbocycles. The molecule has 0 fully saturated rings. The van der Waals surface area contributed by atoms with Crippen molar-refractivity contribution in [1.29, 1.82) is 0 Å². The zero-order valence-corrected chi connectivity index (χ0v) is 13.8. The van der Waals surface area contributed by atoms with Crippen LogP contribution in [-0.2, 0) is 17.8 Å². The van der Waals surface area contributed by atoms with Gasteiger partial charge in [0.2, 0.25) is 5.91 Å². The normalized spacial score (nSPS) is 10.8. The van der Waals surface area contributed by atoms with Gasteiger partial charge in [-0.3, -0.25) is 9.59 Å². The Bertz CT molecular complexity index is 951. The number of para-hydroxylation sites is 1. The number of carbonyl (C=O) groups is 1. The maximum atomic E-state index is 12.9. The number of halogens is 1. The zero-order valence-electron chi connectivity index (χ0n) is 13.8. The van der Waals surface area contributed by atoms with Crippen molar-refractivity contribution in [1.82, 2.24) is 14.9 Å². The molecule has 0 aliphatic rings. The highest BCUT2D eigenvalue weighted by Crippen LogP contribution is 2.09. The van der Waals surface area contributed by atoms with E-state index in [1.807, 2.05) is 6.07 Å². The molecule has 0 aliphatic carbocycles. The van der Waals surface area contributed by atoms with Gasteiger partial charge in [0.1, 0.15) is 11.6 Å². The van der Waals surface area contributed by atoms with Gasteiger partial charge in [-0.1, -0.05) is 24.3 Å². The summed E-state index contributed by atoms with van der Waals surface area (Å²) in [5.41, 5.74) is 1.27. The fourth-order valence-electron chi connectivity index (χ4n) is 2.62. The van der Waals surface area contributed by atoms with Crippen LogP contribution < -0.4 is 5.56 Å². The first-order chi connectivity index (χ1) is 12.0. The van der Waals surface area contributed by atoms with Crippen LogP contribution in [0.1, 0.15) is 17.8 Å². The summed E-state index contributed by atoms with van der Waals surface area (Å²) in [7, 11) is 1.70. The van der Waals surface area contributed by atoms with E-state index in [2.05, 4.69) is 9.97 Å². The third kappa shape index (κ3) is 4.09. The number of nitrogens with zero attached hydrogens (tertiary/aromatic N) is 2. The molecule has 1 aromatic heterocycles. The van der Waals surface area contributed by atoms with Crippen LogP contribution in [-0.4, -0.2) is 27.8 Å². The summed E-state index contributed by atoms with van der Waals surface area (Å²) in [5.74, 6) is 0.122. The van der Waals surface area contributed by atoms with E-state index in [1.165, 1.54) is 12.1 Å². The van der Waals surface area contributed by atoms with Gasteiger partial charge in [0, 0.05) is 26.4 Å². The first kappa shape index (κ1) is 16.8. The molecule has 6 heteroatoms. The van der Waals surface area contributed by atoms with E-state index in [-0.39, 0.29) is 23.7 Å². The second kappa shape index (κ2) is 7.25. The lowest BCUT2D eigenvalue weighted by molar-refractivity contribution is -0.130. The third-order valence-corrected chi connectivity index (χ3v) is 4.00. The molecule has 0 unspecified atom stereocenters. The number of rotatable bonds is 5. The SMILES string of the molecule is CN(Cc1ccc(F)cc1)C(=O)CCc1nc2ccccc2c(=O)[nH]1. The number of fused-ring (bicyclic) bond motifs is 1. The van der Waals surface area contributed by atoms with Crippen molar-refractivity contribution in [3.63, 3.8) is 0 Å². The van der Waals surface area contributed by atoms with Crippen LogP contribution in [0.5, 0.6) is 0 Å². The molecule has 0 saturated heterocycles. The summed E-state index contributed by atoms with van der Waals surface area (Å²) in [6, 6.07) is 13.1. The minimum absolute atomic E-state index is 0.0693. The van der Waals surface area contributed by atoms with Crippen molar-refractivity contribution in [3.8, 4) is 0 Å². The predicted molar refractivity (Wildman–Crippen MR) is 93.6 cm³/mol. The highest BCUT2D eigenvalue weighted by atomic mass is 19.1. The van der Waals surface area contributed by atoms with E-state index in [4.69, 9.17) is 0 Å². The molecule has 1 N–H and O–H groups in total. The lowest BCUT2D eigenvalue weighted by Crippen LogP contribution is -2.26. The summed E-state index contributed by atoms with van der Waals surface area (Å²) in [5, 5.41) is 0.533. The first-order valence-electron chi connectivity index (χ1n) is 7.99. The van der Waals surface area contributed by atoms with Crippen LogP contribution >= 0.6 is 0 Å². The van der Waals surface area contributed by atoms with Crippen LogP contribution in [0.15, 0.2) is 53.3 Å². The van der Waals surface area contributed by atoms with Crippen molar-refractivity contribution in [2.45, 2.75) is 19.4 Å². The van der Waals surface area contributed by atoms with Gasteiger partial charge < -0.3 is 9.88 Å². The Labute approximate surface area is 144 Å². The number of aromatic amines is 1. The lowest BCUT2D eigenvalue weighted by Gasteiger charge is -2.17. The van der Waals surface area contributed by atoms with Crippen molar-refractivity contribution < 1.29 is 9.18 Å². The molecular weight excluding hydrogens is 321 g/mol. The number of hydrogen-bond acceptors (Lipinski definition) is 3. The average Bonchev–Trinajstić information content (AvgIpc) is 2.61. The molecule has 2 aromatic carbocycles. The summed E-state index contributed by atoms with van der Waals surface area (Å²) < 4.78 is 12.9. The van der Waals surface area contributed by atoms with E-state index in [0.717, 1.165) is 5.56 Å². The second-order valence-corrected chi connectivity index (χ2v) is 5.91. The summed E-state index contributed by atoms with van der Waals surface area (Å²) >= 11 is 0. The van der Waals surface area contributed by atoms with Crippen LogP contribution in [0.3, 0.4) is 0 Å². The lowest BCUT2D eigenvalue weighted by atomic mass is 10.2. The van der Waals surface area contributed by atoms with Crippen molar-refractivity contribution >= 4 is 16.8 Å². The number of amides is 1. The van der Waals surface area contributed by atoms with E-state index in [0.29, 0.717) is 29.7 Å². The van der Waals surface area contributed by atoms with Crippen LogP contribution in [0.4, 0.5) is 4.39 Å². The average molecular weight is 339 g/mol. The molecule has 0 spiro atoms. The summed E-state index contributed by atoms with van der Waals surface area (Å²) in [4.78, 5) is 33.0. The van der Waals surface area contributed by atoms with E-state index in [1.54, 1.807) is 42.3 Å². The maximum Gasteiger partial charge on any atom is 0.258 e. The van der Waals surface area contributed by atoms with Gasteiger partial charge in [0.25, 0.3) is 5.56 Å². The highest BCUT2D eigenvalue weighted by molar-refractivity contribution is 5.78. The Kier molecular flexibility index (Phi) is 4.88. The van der Waals surface area contributed by atoms with Gasteiger partial charge in [-0.05, 0) is 29.8 Å². The van der Waals surface area contributed by atoms with Gasteiger partial charge in [0.15, 0.2) is 0 Å². The van der Waals surface area contributed by atoms with Crippen molar-refractivity contribution in [3.05, 3.63) is 76.1 Å². The fraction of sp³-hybridized carbons (Fsp3) is 0.211. The van der Waals surface area contributed by atoms with Crippen molar-refractivity contribution in [2.75, 3.05) is 7.05 Å². The maximum absolute atomic E-state index is 12.9. The zero-order chi connectivity index (χ0) is 17.8. The Hall–Kier alpha value is -3.02. The van der Waals surface area contributed by atoms with Gasteiger partial charge in [-0.2, -0.15) is 0 Å². The topological polar surface area (TPSA) is 66.1 Å². The number of carbonyl (C=O) groups excluding carboxylic acids is 1. The number of benzene rings is 2. The largest absolute Gasteiger partial charge is 0.341 e. The Balaban J connectivity index is 1.63.